The average molecular weight is 641 g/mol. The first-order chi connectivity index (χ1) is 19.5. The fraction of sp³-hybridized carbons (Fsp3) is 0.310. The lowest BCUT2D eigenvalue weighted by molar-refractivity contribution is -0.140. The van der Waals surface area contributed by atoms with E-state index in [0.717, 1.165) is 4.31 Å². The van der Waals surface area contributed by atoms with Crippen molar-refractivity contribution in [2.24, 2.45) is 0 Å². The molecule has 0 fully saturated rings. The Balaban J connectivity index is 2.06. The van der Waals surface area contributed by atoms with E-state index in [1.54, 1.807) is 37.3 Å². The molecule has 0 aliphatic rings. The number of benzene rings is 3. The number of nitrogens with zero attached hydrogens (tertiary/aromatic N) is 2. The van der Waals surface area contributed by atoms with Gasteiger partial charge in [-0.05, 0) is 79.1 Å². The van der Waals surface area contributed by atoms with Crippen molar-refractivity contribution in [2.45, 2.75) is 44.2 Å². The zero-order chi connectivity index (χ0) is 30.2. The smallest absolute Gasteiger partial charge is 0.264 e. The van der Waals surface area contributed by atoms with Crippen molar-refractivity contribution in [1.29, 1.82) is 0 Å². The second-order valence-corrected chi connectivity index (χ2v) is 12.3. The van der Waals surface area contributed by atoms with E-state index < -0.39 is 28.5 Å². The van der Waals surface area contributed by atoms with Crippen molar-refractivity contribution in [2.75, 3.05) is 24.5 Å². The number of anilines is 1. The second-order valence-electron chi connectivity index (χ2n) is 9.15. The lowest BCUT2D eigenvalue weighted by Gasteiger charge is -2.33. The molecule has 0 aromatic heterocycles. The maximum atomic E-state index is 14.0. The van der Waals surface area contributed by atoms with Crippen LogP contribution in [0.1, 0.15) is 32.3 Å². The van der Waals surface area contributed by atoms with E-state index in [1.807, 2.05) is 6.92 Å². The number of hydrogen-bond donors (Lipinski definition) is 1. The van der Waals surface area contributed by atoms with E-state index in [-0.39, 0.29) is 23.0 Å². The van der Waals surface area contributed by atoms with Crippen molar-refractivity contribution in [3.05, 3.63) is 87.4 Å². The van der Waals surface area contributed by atoms with Crippen molar-refractivity contribution < 1.29 is 22.7 Å². The number of carbonyl (C=O) groups excluding carboxylic acids is 2. The van der Waals surface area contributed by atoms with Crippen LogP contribution in [-0.4, -0.2) is 51.4 Å². The Morgan fingerprint density at radius 3 is 2.15 bits per heavy atom. The second kappa shape index (κ2) is 14.8. The summed E-state index contributed by atoms with van der Waals surface area (Å²) in [6.45, 7) is 3.58. The number of carbonyl (C=O) groups is 2. The Bertz CT molecular complexity index is 1450. The number of hydrogen-bond acceptors (Lipinski definition) is 5. The molecule has 1 atom stereocenters. The van der Waals surface area contributed by atoms with Gasteiger partial charge < -0.3 is 15.0 Å². The first-order valence-electron chi connectivity index (χ1n) is 12.9. The van der Waals surface area contributed by atoms with Gasteiger partial charge in [0.1, 0.15) is 18.3 Å². The van der Waals surface area contributed by atoms with E-state index in [0.29, 0.717) is 45.8 Å². The predicted molar refractivity (Wildman–Crippen MR) is 163 cm³/mol. The van der Waals surface area contributed by atoms with Gasteiger partial charge in [0, 0.05) is 18.1 Å². The van der Waals surface area contributed by atoms with Gasteiger partial charge in [0.2, 0.25) is 11.8 Å². The minimum absolute atomic E-state index is 0.00478. The quantitative estimate of drug-likeness (QED) is 0.241. The topological polar surface area (TPSA) is 96.0 Å². The Kier molecular flexibility index (Phi) is 11.7. The minimum Gasteiger partial charge on any atom is -0.497 e. The lowest BCUT2D eigenvalue weighted by atomic mass is 10.1. The van der Waals surface area contributed by atoms with Gasteiger partial charge in [-0.2, -0.15) is 0 Å². The Hall–Kier alpha value is -2.98. The summed E-state index contributed by atoms with van der Waals surface area (Å²) in [4.78, 5) is 28.5. The van der Waals surface area contributed by atoms with Crippen molar-refractivity contribution in [3.8, 4) is 5.75 Å². The number of halogens is 3. The number of nitrogens with one attached hydrogen (secondary N) is 1. The zero-order valence-corrected chi connectivity index (χ0v) is 26.0. The van der Waals surface area contributed by atoms with Crippen molar-refractivity contribution in [3.63, 3.8) is 0 Å². The fourth-order valence-corrected chi connectivity index (χ4v) is 5.99. The molecule has 0 saturated heterocycles. The molecule has 0 aliphatic carbocycles. The molecule has 0 saturated carbocycles. The zero-order valence-electron chi connectivity index (χ0n) is 22.9. The van der Waals surface area contributed by atoms with Gasteiger partial charge in [0.15, 0.2) is 0 Å². The van der Waals surface area contributed by atoms with E-state index in [4.69, 9.17) is 39.5 Å². The predicted octanol–water partition coefficient (Wildman–Crippen LogP) is 6.18. The highest BCUT2D eigenvalue weighted by molar-refractivity contribution is 7.92. The molecular formula is C29H32Cl3N3O5S. The molecule has 0 spiro atoms. The highest BCUT2D eigenvalue weighted by Crippen LogP contribution is 2.28. The van der Waals surface area contributed by atoms with Crippen LogP contribution in [0.3, 0.4) is 0 Å². The summed E-state index contributed by atoms with van der Waals surface area (Å²) >= 11 is 18.4. The van der Waals surface area contributed by atoms with Crippen LogP contribution in [0.4, 0.5) is 5.69 Å². The first kappa shape index (κ1) is 32.5. The largest absolute Gasteiger partial charge is 0.497 e. The summed E-state index contributed by atoms with van der Waals surface area (Å²) < 4.78 is 34.0. The third-order valence-electron chi connectivity index (χ3n) is 6.31. The maximum absolute atomic E-state index is 14.0. The minimum atomic E-state index is -4.22. The first-order valence-corrected chi connectivity index (χ1v) is 15.5. The monoisotopic (exact) mass is 639 g/mol. The average Bonchev–Trinajstić information content (AvgIpc) is 2.96. The highest BCUT2D eigenvalue weighted by atomic mass is 35.5. The number of methoxy groups -OCH3 is 1. The molecule has 2 amide bonds. The summed E-state index contributed by atoms with van der Waals surface area (Å²) in [6.07, 6.45) is 1.02. The van der Waals surface area contributed by atoms with Gasteiger partial charge in [-0.3, -0.25) is 13.9 Å². The third-order valence-corrected chi connectivity index (χ3v) is 9.09. The summed E-state index contributed by atoms with van der Waals surface area (Å²) in [7, 11) is -2.75. The molecule has 0 unspecified atom stereocenters. The van der Waals surface area contributed by atoms with Crippen LogP contribution in [0, 0.1) is 0 Å². The summed E-state index contributed by atoms with van der Waals surface area (Å²) in [6, 6.07) is 16.0. The molecule has 0 aliphatic heterocycles. The molecule has 1 N–H and O–H groups in total. The molecule has 3 rings (SSSR count). The number of sulfonamides is 1. The Labute approximate surface area is 256 Å². The van der Waals surface area contributed by atoms with Crippen LogP contribution in [-0.2, 0) is 26.2 Å². The van der Waals surface area contributed by atoms with Gasteiger partial charge in [-0.25, -0.2) is 8.42 Å². The molecule has 3 aromatic carbocycles. The number of amides is 2. The van der Waals surface area contributed by atoms with Gasteiger partial charge in [-0.1, -0.05) is 54.7 Å². The van der Waals surface area contributed by atoms with Crippen LogP contribution in [0.15, 0.2) is 71.6 Å². The molecule has 12 heteroatoms. The summed E-state index contributed by atoms with van der Waals surface area (Å²) in [5, 5.41) is 3.89. The van der Waals surface area contributed by atoms with Crippen LogP contribution < -0.4 is 14.4 Å². The van der Waals surface area contributed by atoms with Crippen LogP contribution in [0.25, 0.3) is 0 Å². The maximum Gasteiger partial charge on any atom is 0.264 e. The molecule has 41 heavy (non-hydrogen) atoms. The molecule has 0 bridgehead atoms. The fourth-order valence-electron chi connectivity index (χ4n) is 4.13. The SMILES string of the molecule is CCCNC(=O)[C@H](CC)N(Cc1ccc(Cl)c(Cl)c1)C(=O)CN(c1ccc(Cl)cc1)S(=O)(=O)c1ccc(OC)cc1. The highest BCUT2D eigenvalue weighted by Gasteiger charge is 2.33. The van der Waals surface area contributed by atoms with Crippen LogP contribution in [0.5, 0.6) is 5.75 Å². The van der Waals surface area contributed by atoms with Crippen molar-refractivity contribution in [1.82, 2.24) is 10.2 Å². The van der Waals surface area contributed by atoms with Gasteiger partial charge >= 0.3 is 0 Å². The number of ether oxygens (including phenoxy) is 1. The molecule has 0 radical (unpaired) electrons. The van der Waals surface area contributed by atoms with Crippen LogP contribution in [0.2, 0.25) is 15.1 Å². The molecule has 0 heterocycles. The van der Waals surface area contributed by atoms with Gasteiger partial charge in [-0.15, -0.1) is 0 Å². The van der Waals surface area contributed by atoms with E-state index in [1.165, 1.54) is 48.4 Å². The lowest BCUT2D eigenvalue weighted by Crippen LogP contribution is -2.52. The number of rotatable bonds is 13. The molecule has 220 valence electrons. The van der Waals surface area contributed by atoms with Gasteiger partial charge in [0.25, 0.3) is 10.0 Å². The van der Waals surface area contributed by atoms with Gasteiger partial charge in [0.05, 0.1) is 27.7 Å². The Morgan fingerprint density at radius 1 is 0.927 bits per heavy atom. The van der Waals surface area contributed by atoms with Crippen molar-refractivity contribution >= 4 is 62.3 Å². The third kappa shape index (κ3) is 8.29. The molecule has 3 aromatic rings. The van der Waals surface area contributed by atoms with E-state index in [2.05, 4.69) is 5.32 Å². The van der Waals surface area contributed by atoms with E-state index >= 15 is 0 Å². The molecule has 8 nitrogen and oxygen atoms in total. The summed E-state index contributed by atoms with van der Waals surface area (Å²) in [5.74, 6) is -0.435. The van der Waals surface area contributed by atoms with E-state index in [9.17, 15) is 18.0 Å². The standard InChI is InChI=1S/C29H32Cl3N3O5S/c1-4-16-33-29(37)27(5-2)34(18-20-6-15-25(31)26(32)17-20)28(36)19-35(22-9-7-21(30)8-10-22)41(38,39)24-13-11-23(40-3)12-14-24/h6-15,17,27H,4-5,16,18-19H2,1-3H3,(H,33,37)/t27-/m0/s1. The van der Waals surface area contributed by atoms with Crippen LogP contribution >= 0.6 is 34.8 Å². The molecular weight excluding hydrogens is 609 g/mol. The summed E-state index contributed by atoms with van der Waals surface area (Å²) in [5.41, 5.74) is 0.863. The normalized spacial score (nSPS) is 12.0. The Morgan fingerprint density at radius 2 is 1.59 bits per heavy atom.